The molecule has 1 N–H and O–H groups in total. The van der Waals surface area contributed by atoms with Crippen molar-refractivity contribution < 1.29 is 4.74 Å². The number of hydrogen-bond acceptors (Lipinski definition) is 4. The second-order valence-electron chi connectivity index (χ2n) is 6.26. The predicted octanol–water partition coefficient (Wildman–Crippen LogP) is 3.28. The molecule has 0 spiro atoms. The molecule has 0 radical (unpaired) electrons. The van der Waals surface area contributed by atoms with Crippen LogP contribution in [0.5, 0.6) is 0 Å². The summed E-state index contributed by atoms with van der Waals surface area (Å²) < 4.78 is 6.95. The third-order valence-electron chi connectivity index (χ3n) is 4.53. The Labute approximate surface area is 153 Å². The van der Waals surface area contributed by atoms with E-state index in [1.807, 2.05) is 42.5 Å². The molecule has 136 valence electrons. The van der Waals surface area contributed by atoms with Crippen LogP contribution in [0.4, 0.5) is 0 Å². The molecular weight excluding hydrogens is 326 g/mol. The smallest absolute Gasteiger partial charge is 0.261 e. The van der Waals surface area contributed by atoms with Crippen molar-refractivity contribution >= 4 is 10.9 Å². The molecule has 1 heterocycles. The van der Waals surface area contributed by atoms with Crippen LogP contribution in [0.1, 0.15) is 30.8 Å². The lowest BCUT2D eigenvalue weighted by atomic mass is 10.1. The monoisotopic (exact) mass is 351 g/mol. The number of ether oxygens (including phenoxy) is 1. The molecule has 1 unspecified atom stereocenters. The first-order valence-electron chi connectivity index (χ1n) is 9.00. The van der Waals surface area contributed by atoms with E-state index >= 15 is 0 Å². The van der Waals surface area contributed by atoms with Crippen molar-refractivity contribution in [2.24, 2.45) is 0 Å². The Balaban J connectivity index is 1.98. The Morgan fingerprint density at radius 1 is 1.12 bits per heavy atom. The van der Waals surface area contributed by atoms with Gasteiger partial charge in [0, 0.05) is 13.7 Å². The van der Waals surface area contributed by atoms with E-state index in [1.54, 1.807) is 11.7 Å². The van der Waals surface area contributed by atoms with E-state index in [0.717, 1.165) is 24.3 Å². The third kappa shape index (κ3) is 4.00. The van der Waals surface area contributed by atoms with Gasteiger partial charge in [-0.1, -0.05) is 49.4 Å². The van der Waals surface area contributed by atoms with Crippen molar-refractivity contribution in [3.63, 3.8) is 0 Å². The summed E-state index contributed by atoms with van der Waals surface area (Å²) in [5, 5.41) is 4.19. The number of fused-ring (bicyclic) bond motifs is 1. The molecule has 0 saturated heterocycles. The van der Waals surface area contributed by atoms with Gasteiger partial charge in [-0.05, 0) is 24.1 Å². The van der Waals surface area contributed by atoms with Gasteiger partial charge in [-0.25, -0.2) is 4.98 Å². The van der Waals surface area contributed by atoms with E-state index in [0.29, 0.717) is 18.5 Å². The summed E-state index contributed by atoms with van der Waals surface area (Å²) in [5.41, 5.74) is 1.93. The van der Waals surface area contributed by atoms with E-state index in [2.05, 4.69) is 24.4 Å². The molecule has 0 fully saturated rings. The highest BCUT2D eigenvalue weighted by Crippen LogP contribution is 2.17. The number of nitrogens with zero attached hydrogens (tertiary/aromatic N) is 2. The van der Waals surface area contributed by atoms with E-state index in [9.17, 15) is 4.79 Å². The molecule has 5 nitrogen and oxygen atoms in total. The van der Waals surface area contributed by atoms with Crippen LogP contribution in [0.2, 0.25) is 0 Å². The van der Waals surface area contributed by atoms with E-state index < -0.39 is 0 Å². The number of rotatable bonds is 8. The highest BCUT2D eigenvalue weighted by molar-refractivity contribution is 5.77. The van der Waals surface area contributed by atoms with Crippen molar-refractivity contribution in [2.75, 3.05) is 13.7 Å². The van der Waals surface area contributed by atoms with Crippen molar-refractivity contribution in [1.82, 2.24) is 14.9 Å². The summed E-state index contributed by atoms with van der Waals surface area (Å²) in [6.07, 6.45) is 0.838. The molecule has 0 aliphatic carbocycles. The highest BCUT2D eigenvalue weighted by Gasteiger charge is 2.18. The van der Waals surface area contributed by atoms with Gasteiger partial charge < -0.3 is 10.1 Å². The fraction of sp³-hybridized carbons (Fsp3) is 0.333. The van der Waals surface area contributed by atoms with Crippen molar-refractivity contribution in [3.05, 3.63) is 76.3 Å². The van der Waals surface area contributed by atoms with Gasteiger partial charge in [-0.15, -0.1) is 0 Å². The zero-order chi connectivity index (χ0) is 18.4. The average Bonchev–Trinajstić information content (AvgIpc) is 2.69. The van der Waals surface area contributed by atoms with E-state index in [4.69, 9.17) is 9.72 Å². The summed E-state index contributed by atoms with van der Waals surface area (Å²) >= 11 is 0. The van der Waals surface area contributed by atoms with Gasteiger partial charge in [-0.3, -0.25) is 9.36 Å². The fourth-order valence-corrected chi connectivity index (χ4v) is 3.10. The number of aromatic nitrogens is 2. The van der Waals surface area contributed by atoms with Gasteiger partial charge in [0.25, 0.3) is 5.56 Å². The second kappa shape index (κ2) is 8.74. The molecule has 1 atom stereocenters. The second-order valence-corrected chi connectivity index (χ2v) is 6.26. The van der Waals surface area contributed by atoms with Crippen molar-refractivity contribution in [2.45, 2.75) is 32.5 Å². The summed E-state index contributed by atoms with van der Waals surface area (Å²) in [7, 11) is 1.64. The molecule has 0 aliphatic rings. The largest absolute Gasteiger partial charge is 0.383 e. The lowest BCUT2D eigenvalue weighted by Crippen LogP contribution is -2.33. The molecule has 0 bridgehead atoms. The standard InChI is InChI=1S/C21H25N3O2/c1-3-18(22-15-16-9-5-4-6-10-16)20-23-19-12-8-7-11-17(19)21(25)24(20)13-14-26-2/h4-12,18,22H,3,13-15H2,1-2H3. The summed E-state index contributed by atoms with van der Waals surface area (Å²) in [5.74, 6) is 0.768. The first-order valence-corrected chi connectivity index (χ1v) is 9.00. The average molecular weight is 351 g/mol. The molecule has 1 aromatic heterocycles. The topological polar surface area (TPSA) is 56.2 Å². The van der Waals surface area contributed by atoms with Crippen LogP contribution in [-0.4, -0.2) is 23.3 Å². The minimum atomic E-state index is -0.0115. The number of para-hydroxylation sites is 1. The van der Waals surface area contributed by atoms with Crippen LogP contribution in [0.25, 0.3) is 10.9 Å². The van der Waals surface area contributed by atoms with Crippen LogP contribution in [-0.2, 0) is 17.8 Å². The van der Waals surface area contributed by atoms with Gasteiger partial charge in [0.05, 0.1) is 30.1 Å². The van der Waals surface area contributed by atoms with E-state index in [-0.39, 0.29) is 11.6 Å². The van der Waals surface area contributed by atoms with Gasteiger partial charge in [0.1, 0.15) is 5.82 Å². The lowest BCUT2D eigenvalue weighted by molar-refractivity contribution is 0.184. The zero-order valence-corrected chi connectivity index (χ0v) is 15.3. The molecular formula is C21H25N3O2. The van der Waals surface area contributed by atoms with Gasteiger partial charge in [-0.2, -0.15) is 0 Å². The summed E-state index contributed by atoms with van der Waals surface area (Å²) in [6.45, 7) is 3.80. The Morgan fingerprint density at radius 3 is 2.58 bits per heavy atom. The van der Waals surface area contributed by atoms with Gasteiger partial charge >= 0.3 is 0 Å². The van der Waals surface area contributed by atoms with Crippen LogP contribution in [0.3, 0.4) is 0 Å². The minimum Gasteiger partial charge on any atom is -0.383 e. The lowest BCUT2D eigenvalue weighted by Gasteiger charge is -2.21. The zero-order valence-electron chi connectivity index (χ0n) is 15.3. The fourth-order valence-electron chi connectivity index (χ4n) is 3.10. The molecule has 26 heavy (non-hydrogen) atoms. The normalized spacial score (nSPS) is 12.4. The van der Waals surface area contributed by atoms with Gasteiger partial charge in [0.2, 0.25) is 0 Å². The van der Waals surface area contributed by atoms with Crippen LogP contribution in [0, 0.1) is 0 Å². The van der Waals surface area contributed by atoms with Crippen LogP contribution < -0.4 is 10.9 Å². The van der Waals surface area contributed by atoms with Crippen LogP contribution in [0.15, 0.2) is 59.4 Å². The van der Waals surface area contributed by atoms with Crippen molar-refractivity contribution in [1.29, 1.82) is 0 Å². The summed E-state index contributed by atoms with van der Waals surface area (Å²) in [4.78, 5) is 17.8. The maximum absolute atomic E-state index is 13.0. The highest BCUT2D eigenvalue weighted by atomic mass is 16.5. The number of methoxy groups -OCH3 is 1. The van der Waals surface area contributed by atoms with Crippen LogP contribution >= 0.6 is 0 Å². The molecule has 3 rings (SSSR count). The molecule has 2 aromatic carbocycles. The SMILES string of the molecule is CCC(NCc1ccccc1)c1nc2ccccc2c(=O)n1CCOC. The maximum Gasteiger partial charge on any atom is 0.261 e. The summed E-state index contributed by atoms with van der Waals surface area (Å²) in [6, 6.07) is 17.7. The number of hydrogen-bond donors (Lipinski definition) is 1. The molecule has 3 aromatic rings. The molecule has 0 saturated carbocycles. The number of benzene rings is 2. The number of nitrogens with one attached hydrogen (secondary N) is 1. The minimum absolute atomic E-state index is 0.00984. The Morgan fingerprint density at radius 2 is 1.85 bits per heavy atom. The quantitative estimate of drug-likeness (QED) is 0.677. The first kappa shape index (κ1) is 18.3. The molecule has 0 amide bonds. The van der Waals surface area contributed by atoms with E-state index in [1.165, 1.54) is 5.56 Å². The van der Waals surface area contributed by atoms with Gasteiger partial charge in [0.15, 0.2) is 0 Å². The molecule has 5 heteroatoms. The Kier molecular flexibility index (Phi) is 6.15. The Bertz CT molecular complexity index is 906. The maximum atomic E-state index is 13.0. The third-order valence-corrected chi connectivity index (χ3v) is 4.53. The molecule has 0 aliphatic heterocycles. The Hall–Kier alpha value is -2.50. The first-order chi connectivity index (χ1) is 12.7. The van der Waals surface area contributed by atoms with Crippen molar-refractivity contribution in [3.8, 4) is 0 Å². The predicted molar refractivity (Wildman–Crippen MR) is 104 cm³/mol.